The predicted molar refractivity (Wildman–Crippen MR) is 147 cm³/mol. The number of likely N-dealkylation sites (tertiary alicyclic amines) is 2. The largest absolute Gasteiger partial charge is 0.477 e. The van der Waals surface area contributed by atoms with E-state index < -0.39 is 17.7 Å². The first-order chi connectivity index (χ1) is 18.4. The van der Waals surface area contributed by atoms with Gasteiger partial charge in [-0.15, -0.1) is 11.3 Å². The maximum atomic E-state index is 13.8. The number of hydrogen-bond donors (Lipinski definition) is 1. The van der Waals surface area contributed by atoms with E-state index in [1.54, 1.807) is 26.1 Å². The van der Waals surface area contributed by atoms with Crippen LogP contribution in [0.3, 0.4) is 0 Å². The molecule has 4 rings (SSSR count). The van der Waals surface area contributed by atoms with Gasteiger partial charge in [0.25, 0.3) is 0 Å². The molecular weight excluding hydrogens is 522 g/mol. The standard InChI is InChI=1S/C28H41N3O7S/c1-18-5-7-19(8-6-18)24(32)31(22-12-16-39-23(22)25(33)34)20-9-13-30(17-20)26(35)37-21-10-14-29(15-11-21)27(36)38-28(2,3)4/h12,16,18-21H,5-11,13-15,17H2,1-4H3,(H,33,34)/t18-,19-,20-/m0/s1. The van der Waals surface area contributed by atoms with Crippen molar-refractivity contribution in [1.82, 2.24) is 9.80 Å². The van der Waals surface area contributed by atoms with Gasteiger partial charge in [0, 0.05) is 44.9 Å². The Morgan fingerprint density at radius 3 is 2.21 bits per heavy atom. The van der Waals surface area contributed by atoms with E-state index in [4.69, 9.17) is 9.47 Å². The Labute approximate surface area is 234 Å². The molecule has 3 amide bonds. The molecule has 3 fully saturated rings. The van der Waals surface area contributed by atoms with Crippen LogP contribution >= 0.6 is 11.3 Å². The summed E-state index contributed by atoms with van der Waals surface area (Å²) in [6, 6.07) is 1.39. The molecule has 1 N–H and O–H groups in total. The maximum Gasteiger partial charge on any atom is 0.410 e. The number of carbonyl (C=O) groups is 4. The van der Waals surface area contributed by atoms with Crippen LogP contribution in [0.1, 0.15) is 82.3 Å². The second-order valence-corrected chi connectivity index (χ2v) is 13.0. The number of carbonyl (C=O) groups excluding carboxylic acids is 3. The Bertz CT molecular complexity index is 1050. The minimum atomic E-state index is -1.05. The van der Waals surface area contributed by atoms with E-state index in [1.165, 1.54) is 0 Å². The zero-order chi connectivity index (χ0) is 28.3. The molecule has 0 unspecified atom stereocenters. The van der Waals surface area contributed by atoms with Crippen molar-refractivity contribution in [1.29, 1.82) is 0 Å². The van der Waals surface area contributed by atoms with Crippen molar-refractivity contribution in [2.75, 3.05) is 31.1 Å². The van der Waals surface area contributed by atoms with Crippen LogP contribution in [-0.4, -0.2) is 82.9 Å². The molecule has 3 aliphatic rings. The quantitative estimate of drug-likeness (QED) is 0.522. The molecule has 1 aliphatic carbocycles. The zero-order valence-corrected chi connectivity index (χ0v) is 24.2. The number of carboxylic acids is 1. The van der Waals surface area contributed by atoms with Crippen LogP contribution in [0, 0.1) is 11.8 Å². The van der Waals surface area contributed by atoms with Gasteiger partial charge in [-0.2, -0.15) is 0 Å². The van der Waals surface area contributed by atoms with Gasteiger partial charge in [0.15, 0.2) is 0 Å². The van der Waals surface area contributed by atoms with Gasteiger partial charge in [0.1, 0.15) is 16.6 Å². The van der Waals surface area contributed by atoms with Crippen molar-refractivity contribution < 1.29 is 33.8 Å². The van der Waals surface area contributed by atoms with Crippen molar-refractivity contribution in [2.24, 2.45) is 11.8 Å². The Morgan fingerprint density at radius 1 is 0.949 bits per heavy atom. The molecule has 11 heteroatoms. The number of amides is 3. The lowest BCUT2D eigenvalue weighted by molar-refractivity contribution is -0.124. The molecule has 2 saturated heterocycles. The fraction of sp³-hybridized carbons (Fsp3) is 0.714. The summed E-state index contributed by atoms with van der Waals surface area (Å²) in [5, 5.41) is 11.5. The summed E-state index contributed by atoms with van der Waals surface area (Å²) in [5.41, 5.74) is -0.142. The minimum Gasteiger partial charge on any atom is -0.477 e. The number of ether oxygens (including phenoxy) is 2. The molecule has 0 aromatic carbocycles. The second kappa shape index (κ2) is 12.1. The van der Waals surface area contributed by atoms with Crippen LogP contribution in [-0.2, 0) is 14.3 Å². The summed E-state index contributed by atoms with van der Waals surface area (Å²) >= 11 is 1.11. The smallest absolute Gasteiger partial charge is 0.410 e. The van der Waals surface area contributed by atoms with Crippen LogP contribution in [0.15, 0.2) is 11.4 Å². The molecule has 3 heterocycles. The molecule has 1 aromatic rings. The van der Waals surface area contributed by atoms with Crippen LogP contribution < -0.4 is 4.90 Å². The highest BCUT2D eigenvalue weighted by atomic mass is 32.1. The number of rotatable bonds is 5. The van der Waals surface area contributed by atoms with Gasteiger partial charge < -0.3 is 29.3 Å². The van der Waals surface area contributed by atoms with Crippen molar-refractivity contribution >= 4 is 41.1 Å². The zero-order valence-electron chi connectivity index (χ0n) is 23.4. The highest BCUT2D eigenvalue weighted by molar-refractivity contribution is 7.12. The van der Waals surface area contributed by atoms with Crippen LogP contribution in [0.4, 0.5) is 15.3 Å². The van der Waals surface area contributed by atoms with Gasteiger partial charge in [0.2, 0.25) is 5.91 Å². The highest BCUT2D eigenvalue weighted by Gasteiger charge is 2.40. The third-order valence-corrected chi connectivity index (χ3v) is 8.74. The first-order valence-corrected chi connectivity index (χ1v) is 14.9. The lowest BCUT2D eigenvalue weighted by Gasteiger charge is -2.35. The Kier molecular flexibility index (Phi) is 9.08. The fourth-order valence-corrected chi connectivity index (χ4v) is 6.39. The van der Waals surface area contributed by atoms with E-state index in [0.717, 1.165) is 37.0 Å². The van der Waals surface area contributed by atoms with E-state index in [-0.39, 0.29) is 34.9 Å². The molecule has 39 heavy (non-hydrogen) atoms. The van der Waals surface area contributed by atoms with E-state index in [0.29, 0.717) is 57.0 Å². The van der Waals surface area contributed by atoms with Crippen molar-refractivity contribution in [2.45, 2.75) is 90.4 Å². The van der Waals surface area contributed by atoms with E-state index >= 15 is 0 Å². The first kappa shape index (κ1) is 29.2. The first-order valence-electron chi connectivity index (χ1n) is 14.0. The number of nitrogens with zero attached hydrogens (tertiary/aromatic N) is 3. The second-order valence-electron chi connectivity index (χ2n) is 12.0. The van der Waals surface area contributed by atoms with E-state index in [2.05, 4.69) is 6.92 Å². The SMILES string of the molecule is CC(C)(C)OC(=O)N1CCC(OC(=O)N2CC[C@H](N(c3ccsc3C(=O)O)C(=O)[C@H]3CC[C@H](C)CC3)C2)CC1. The normalized spacial score (nSPS) is 24.4. The van der Waals surface area contributed by atoms with Gasteiger partial charge >= 0.3 is 18.2 Å². The molecule has 1 aromatic heterocycles. The Morgan fingerprint density at radius 2 is 1.59 bits per heavy atom. The number of piperidine rings is 1. The molecule has 0 bridgehead atoms. The molecule has 216 valence electrons. The molecule has 1 atom stereocenters. The molecule has 0 spiro atoms. The van der Waals surface area contributed by atoms with Crippen LogP contribution in [0.2, 0.25) is 0 Å². The van der Waals surface area contributed by atoms with Crippen LogP contribution in [0.25, 0.3) is 0 Å². The van der Waals surface area contributed by atoms with Gasteiger partial charge in [-0.3, -0.25) is 4.79 Å². The molecule has 2 aliphatic heterocycles. The molecule has 1 saturated carbocycles. The van der Waals surface area contributed by atoms with Gasteiger partial charge in [0.05, 0.1) is 11.7 Å². The monoisotopic (exact) mass is 563 g/mol. The number of hydrogen-bond acceptors (Lipinski definition) is 7. The van der Waals surface area contributed by atoms with Crippen molar-refractivity contribution in [3.63, 3.8) is 0 Å². The summed E-state index contributed by atoms with van der Waals surface area (Å²) in [6.07, 6.45) is 4.08. The lowest BCUT2D eigenvalue weighted by atomic mass is 9.82. The third kappa shape index (κ3) is 7.23. The highest BCUT2D eigenvalue weighted by Crippen LogP contribution is 2.36. The predicted octanol–water partition coefficient (Wildman–Crippen LogP) is 5.22. The van der Waals surface area contributed by atoms with Crippen LogP contribution in [0.5, 0.6) is 0 Å². The number of thiophene rings is 1. The number of aromatic carboxylic acids is 1. The Hall–Kier alpha value is -2.82. The molecular formula is C28H41N3O7S. The fourth-order valence-electron chi connectivity index (χ4n) is 5.67. The average Bonchev–Trinajstić information content (AvgIpc) is 3.55. The average molecular weight is 564 g/mol. The summed E-state index contributed by atoms with van der Waals surface area (Å²) in [4.78, 5) is 56.1. The number of anilines is 1. The van der Waals surface area contributed by atoms with E-state index in [9.17, 15) is 24.3 Å². The van der Waals surface area contributed by atoms with Crippen molar-refractivity contribution in [3.8, 4) is 0 Å². The maximum absolute atomic E-state index is 13.8. The van der Waals surface area contributed by atoms with Gasteiger partial charge in [-0.25, -0.2) is 14.4 Å². The summed E-state index contributed by atoms with van der Waals surface area (Å²) in [7, 11) is 0. The minimum absolute atomic E-state index is 0.0440. The summed E-state index contributed by atoms with van der Waals surface area (Å²) in [5.74, 6) is -0.649. The molecule has 0 radical (unpaired) electrons. The molecule has 10 nitrogen and oxygen atoms in total. The lowest BCUT2D eigenvalue weighted by Crippen LogP contribution is -2.47. The topological polar surface area (TPSA) is 117 Å². The Balaban J connectivity index is 1.37. The number of carboxylic acid groups (broad SMARTS) is 1. The summed E-state index contributed by atoms with van der Waals surface area (Å²) in [6.45, 7) is 9.30. The summed E-state index contributed by atoms with van der Waals surface area (Å²) < 4.78 is 11.2. The van der Waals surface area contributed by atoms with Crippen molar-refractivity contribution in [3.05, 3.63) is 16.3 Å². The third-order valence-electron chi connectivity index (χ3n) is 7.85. The van der Waals surface area contributed by atoms with E-state index in [1.807, 2.05) is 20.8 Å². The van der Waals surface area contributed by atoms with Gasteiger partial charge in [-0.05, 0) is 70.2 Å². The van der Waals surface area contributed by atoms with Gasteiger partial charge in [-0.1, -0.05) is 6.92 Å².